The van der Waals surface area contributed by atoms with Gasteiger partial charge >= 0.3 is 0 Å². The molecule has 1 aromatic heterocycles. The number of aromatic nitrogens is 1. The van der Waals surface area contributed by atoms with Gasteiger partial charge in [-0.1, -0.05) is 45.5 Å². The molecule has 1 heterocycles. The van der Waals surface area contributed by atoms with Crippen LogP contribution in [0, 0.1) is 0 Å². The maximum atomic E-state index is 12.5. The summed E-state index contributed by atoms with van der Waals surface area (Å²) in [4.78, 5) is 17.0. The number of rotatable bonds is 5. The first-order valence-corrected chi connectivity index (χ1v) is 8.69. The number of ketones is 1. The smallest absolute Gasteiger partial charge is 0.184 e. The highest BCUT2D eigenvalue weighted by atomic mass is 79.9. The fourth-order valence-corrected chi connectivity index (χ4v) is 3.50. The molecular formula is C17H16Br2N2O2S. The van der Waals surface area contributed by atoms with Crippen LogP contribution in [0.3, 0.4) is 0 Å². The van der Waals surface area contributed by atoms with Crippen LogP contribution in [0.25, 0.3) is 10.2 Å². The molecule has 0 saturated heterocycles. The standard InChI is InChI=1S/C17H15BrN2O2S.BrH/c1-10(16(21)11-6-8-12(18)9-7-11)19-17-20-15-13(22-2)4-3-5-14(15)23-17;/h3-10H,1-2H3,(H,19,20);1H. The lowest BCUT2D eigenvalue weighted by Crippen LogP contribution is -2.26. The maximum absolute atomic E-state index is 12.5. The number of para-hydroxylation sites is 1. The lowest BCUT2D eigenvalue weighted by Gasteiger charge is -2.11. The Bertz CT molecular complexity index is 849. The largest absolute Gasteiger partial charge is 0.494 e. The fourth-order valence-electron chi connectivity index (χ4n) is 2.26. The van der Waals surface area contributed by atoms with Gasteiger partial charge in [0.05, 0.1) is 17.9 Å². The topological polar surface area (TPSA) is 51.2 Å². The summed E-state index contributed by atoms with van der Waals surface area (Å²) in [6, 6.07) is 12.8. The van der Waals surface area contributed by atoms with Crippen LogP contribution in [0.1, 0.15) is 17.3 Å². The van der Waals surface area contributed by atoms with Gasteiger partial charge in [-0.25, -0.2) is 4.98 Å². The Morgan fingerprint density at radius 2 is 1.96 bits per heavy atom. The van der Waals surface area contributed by atoms with E-state index in [1.807, 2.05) is 49.4 Å². The minimum absolute atomic E-state index is 0. The Labute approximate surface area is 163 Å². The normalized spacial score (nSPS) is 11.6. The number of nitrogens with one attached hydrogen (secondary N) is 1. The Kier molecular flexibility index (Phi) is 6.37. The van der Waals surface area contributed by atoms with Crippen molar-refractivity contribution in [1.29, 1.82) is 0 Å². The maximum Gasteiger partial charge on any atom is 0.184 e. The number of thiazole rings is 1. The van der Waals surface area contributed by atoms with Crippen LogP contribution in [0.4, 0.5) is 5.13 Å². The molecule has 1 unspecified atom stereocenters. The van der Waals surface area contributed by atoms with Crippen LogP contribution < -0.4 is 10.1 Å². The average Bonchev–Trinajstić information content (AvgIpc) is 2.97. The van der Waals surface area contributed by atoms with E-state index in [4.69, 9.17) is 4.74 Å². The predicted molar refractivity (Wildman–Crippen MR) is 108 cm³/mol. The summed E-state index contributed by atoms with van der Waals surface area (Å²) in [5.41, 5.74) is 1.48. The Hall–Kier alpha value is -1.44. The van der Waals surface area contributed by atoms with Gasteiger partial charge in [0.2, 0.25) is 0 Å². The second-order valence-electron chi connectivity index (χ2n) is 5.06. The molecule has 0 aliphatic carbocycles. The number of fused-ring (bicyclic) bond motifs is 1. The van der Waals surface area contributed by atoms with Crippen LogP contribution in [-0.2, 0) is 0 Å². The third-order valence-electron chi connectivity index (χ3n) is 3.46. The minimum Gasteiger partial charge on any atom is -0.494 e. The summed E-state index contributed by atoms with van der Waals surface area (Å²) in [7, 11) is 1.63. The van der Waals surface area contributed by atoms with E-state index < -0.39 is 0 Å². The van der Waals surface area contributed by atoms with Gasteiger partial charge in [-0.3, -0.25) is 4.79 Å². The summed E-state index contributed by atoms with van der Waals surface area (Å²) in [5.74, 6) is 0.766. The number of Topliss-reactive ketones (excluding diaryl/α,β-unsaturated/α-hetero) is 1. The van der Waals surface area contributed by atoms with Crippen molar-refractivity contribution in [3.05, 3.63) is 52.5 Å². The van der Waals surface area contributed by atoms with Crippen molar-refractivity contribution in [1.82, 2.24) is 4.98 Å². The third kappa shape index (κ3) is 3.96. The van der Waals surface area contributed by atoms with Crippen LogP contribution in [0.2, 0.25) is 0 Å². The second-order valence-corrected chi connectivity index (χ2v) is 7.01. The highest BCUT2D eigenvalue weighted by Gasteiger charge is 2.17. The lowest BCUT2D eigenvalue weighted by atomic mass is 10.1. The average molecular weight is 472 g/mol. The molecule has 1 N–H and O–H groups in total. The number of carbonyl (C=O) groups excluding carboxylic acids is 1. The van der Waals surface area contributed by atoms with Crippen LogP contribution >= 0.6 is 44.2 Å². The van der Waals surface area contributed by atoms with Gasteiger partial charge in [0, 0.05) is 10.0 Å². The number of benzene rings is 2. The first kappa shape index (κ1) is 18.9. The van der Waals surface area contributed by atoms with Gasteiger partial charge in [0.25, 0.3) is 0 Å². The zero-order chi connectivity index (χ0) is 16.4. The molecule has 2 aromatic carbocycles. The van der Waals surface area contributed by atoms with Gasteiger partial charge in [-0.2, -0.15) is 0 Å². The molecule has 4 nitrogen and oxygen atoms in total. The third-order valence-corrected chi connectivity index (χ3v) is 4.94. The summed E-state index contributed by atoms with van der Waals surface area (Å²) in [6.07, 6.45) is 0. The molecule has 0 aliphatic heterocycles. The molecule has 0 spiro atoms. The molecule has 126 valence electrons. The molecule has 0 bridgehead atoms. The van der Waals surface area contributed by atoms with E-state index in [-0.39, 0.29) is 28.8 Å². The number of halogens is 2. The minimum atomic E-state index is -0.359. The zero-order valence-corrected chi connectivity index (χ0v) is 17.2. The molecule has 3 rings (SSSR count). The molecule has 7 heteroatoms. The molecule has 24 heavy (non-hydrogen) atoms. The quantitative estimate of drug-likeness (QED) is 0.511. The molecule has 0 saturated carbocycles. The van der Waals surface area contributed by atoms with Crippen molar-refractivity contribution in [3.8, 4) is 5.75 Å². The van der Waals surface area contributed by atoms with E-state index in [1.54, 1.807) is 7.11 Å². The van der Waals surface area contributed by atoms with Crippen LogP contribution in [0.15, 0.2) is 46.9 Å². The van der Waals surface area contributed by atoms with Gasteiger partial charge < -0.3 is 10.1 Å². The van der Waals surface area contributed by atoms with Crippen molar-refractivity contribution in [2.75, 3.05) is 12.4 Å². The van der Waals surface area contributed by atoms with Gasteiger partial charge in [0.1, 0.15) is 11.3 Å². The van der Waals surface area contributed by atoms with Crippen molar-refractivity contribution in [2.45, 2.75) is 13.0 Å². The van der Waals surface area contributed by atoms with Crippen molar-refractivity contribution < 1.29 is 9.53 Å². The van der Waals surface area contributed by atoms with Crippen molar-refractivity contribution in [2.24, 2.45) is 0 Å². The Balaban J connectivity index is 0.00000208. The van der Waals surface area contributed by atoms with E-state index in [2.05, 4.69) is 26.2 Å². The second kappa shape index (κ2) is 8.09. The van der Waals surface area contributed by atoms with E-state index >= 15 is 0 Å². The SMILES string of the molecule is Br.COc1cccc2sc(NC(C)C(=O)c3ccc(Br)cc3)nc12. The van der Waals surface area contributed by atoms with E-state index in [9.17, 15) is 4.79 Å². The molecule has 0 aliphatic rings. The number of anilines is 1. The zero-order valence-electron chi connectivity index (χ0n) is 13.1. The van der Waals surface area contributed by atoms with Gasteiger partial charge in [-0.05, 0) is 31.2 Å². The Morgan fingerprint density at radius 1 is 1.25 bits per heavy atom. The van der Waals surface area contributed by atoms with E-state index in [0.717, 1.165) is 20.4 Å². The summed E-state index contributed by atoms with van der Waals surface area (Å²) < 4.78 is 7.29. The first-order chi connectivity index (χ1) is 11.1. The van der Waals surface area contributed by atoms with Crippen molar-refractivity contribution >= 4 is 65.4 Å². The first-order valence-electron chi connectivity index (χ1n) is 7.08. The summed E-state index contributed by atoms with van der Waals surface area (Å²) in [6.45, 7) is 1.84. The summed E-state index contributed by atoms with van der Waals surface area (Å²) in [5, 5.41) is 3.90. The predicted octanol–water partition coefficient (Wildman–Crippen LogP) is 5.33. The molecular weight excluding hydrogens is 456 g/mol. The van der Waals surface area contributed by atoms with Gasteiger partial charge in [0.15, 0.2) is 10.9 Å². The number of hydrogen-bond acceptors (Lipinski definition) is 5. The molecule has 3 aromatic rings. The molecule has 0 amide bonds. The fraction of sp³-hybridized carbons (Fsp3) is 0.176. The van der Waals surface area contributed by atoms with Crippen molar-refractivity contribution in [3.63, 3.8) is 0 Å². The molecule has 1 atom stereocenters. The summed E-state index contributed by atoms with van der Waals surface area (Å²) >= 11 is 4.88. The number of nitrogens with zero attached hydrogens (tertiary/aromatic N) is 1. The molecule has 0 radical (unpaired) electrons. The lowest BCUT2D eigenvalue weighted by molar-refractivity contribution is 0.0975. The van der Waals surface area contributed by atoms with Crippen LogP contribution in [-0.4, -0.2) is 23.9 Å². The highest BCUT2D eigenvalue weighted by molar-refractivity contribution is 9.10. The number of carbonyl (C=O) groups is 1. The number of hydrogen-bond donors (Lipinski definition) is 1. The number of methoxy groups -OCH3 is 1. The van der Waals surface area contributed by atoms with E-state index in [0.29, 0.717) is 10.7 Å². The Morgan fingerprint density at radius 3 is 2.62 bits per heavy atom. The van der Waals surface area contributed by atoms with E-state index in [1.165, 1.54) is 11.3 Å². The monoisotopic (exact) mass is 470 g/mol. The molecule has 0 fully saturated rings. The van der Waals surface area contributed by atoms with Gasteiger partial charge in [-0.15, -0.1) is 17.0 Å². The number of ether oxygens (including phenoxy) is 1. The van der Waals surface area contributed by atoms with Crippen LogP contribution in [0.5, 0.6) is 5.75 Å². The highest BCUT2D eigenvalue weighted by Crippen LogP contribution is 2.32.